The molecule has 0 aromatic heterocycles. The molecule has 0 aliphatic heterocycles. The maximum Gasteiger partial charge on any atom is 0.308 e. The molecule has 1 aromatic carbocycles. The van der Waals surface area contributed by atoms with E-state index in [4.69, 9.17) is 4.74 Å². The Morgan fingerprint density at radius 1 is 1.54 bits per heavy atom. The van der Waals surface area contributed by atoms with Gasteiger partial charge in [-0.15, -0.1) is 0 Å². The van der Waals surface area contributed by atoms with Gasteiger partial charge in [-0.05, 0) is 18.6 Å². The third-order valence-electron chi connectivity index (χ3n) is 1.64. The number of ether oxygens (including phenoxy) is 1. The van der Waals surface area contributed by atoms with E-state index in [0.29, 0.717) is 0 Å². The largest absolute Gasteiger partial charge is 0.496 e. The van der Waals surface area contributed by atoms with Crippen molar-refractivity contribution in [3.63, 3.8) is 0 Å². The van der Waals surface area contributed by atoms with Crippen LogP contribution < -0.4 is 4.74 Å². The van der Waals surface area contributed by atoms with E-state index in [-0.39, 0.29) is 11.3 Å². The molecule has 0 saturated carbocycles. The first-order chi connectivity index (χ1) is 6.06. The summed E-state index contributed by atoms with van der Waals surface area (Å²) >= 11 is 0. The van der Waals surface area contributed by atoms with Gasteiger partial charge in [0, 0.05) is 0 Å². The second-order valence-corrected chi connectivity index (χ2v) is 2.53. The zero-order valence-electron chi connectivity index (χ0n) is 7.20. The average Bonchev–Trinajstić information content (AvgIpc) is 2.09. The Kier molecular flexibility index (Phi) is 2.46. The van der Waals surface area contributed by atoms with Gasteiger partial charge in [0.1, 0.15) is 5.75 Å². The minimum absolute atomic E-state index is 0.200. The van der Waals surface area contributed by atoms with Crippen molar-refractivity contribution in [2.75, 3.05) is 7.11 Å². The SMILES string of the molecule is COc1cc(C)c(F)c([N+](=O)[O-])c1. The zero-order valence-corrected chi connectivity index (χ0v) is 7.20. The lowest BCUT2D eigenvalue weighted by molar-refractivity contribution is -0.387. The van der Waals surface area contributed by atoms with E-state index >= 15 is 0 Å². The van der Waals surface area contributed by atoms with Crippen LogP contribution in [0.4, 0.5) is 10.1 Å². The zero-order chi connectivity index (χ0) is 10.0. The summed E-state index contributed by atoms with van der Waals surface area (Å²) in [7, 11) is 1.37. The van der Waals surface area contributed by atoms with E-state index in [1.807, 2.05) is 0 Å². The van der Waals surface area contributed by atoms with Gasteiger partial charge in [0.05, 0.1) is 18.1 Å². The van der Waals surface area contributed by atoms with Crippen LogP contribution in [-0.4, -0.2) is 12.0 Å². The molecule has 0 heterocycles. The monoisotopic (exact) mass is 185 g/mol. The number of hydrogen-bond donors (Lipinski definition) is 0. The van der Waals surface area contributed by atoms with Crippen LogP contribution in [0.5, 0.6) is 5.75 Å². The van der Waals surface area contributed by atoms with Crippen molar-refractivity contribution in [2.45, 2.75) is 6.92 Å². The molecule has 0 atom stereocenters. The molecule has 5 heteroatoms. The molecule has 0 fully saturated rings. The molecule has 0 aliphatic carbocycles. The van der Waals surface area contributed by atoms with Crippen molar-refractivity contribution in [1.82, 2.24) is 0 Å². The Morgan fingerprint density at radius 3 is 2.62 bits per heavy atom. The summed E-state index contributed by atoms with van der Waals surface area (Å²) in [6.45, 7) is 1.45. The fraction of sp³-hybridized carbons (Fsp3) is 0.250. The van der Waals surface area contributed by atoms with Gasteiger partial charge in [0.15, 0.2) is 0 Å². The third-order valence-corrected chi connectivity index (χ3v) is 1.64. The summed E-state index contributed by atoms with van der Waals surface area (Å²) < 4.78 is 17.8. The Balaban J connectivity index is 3.33. The van der Waals surface area contributed by atoms with Crippen molar-refractivity contribution < 1.29 is 14.1 Å². The van der Waals surface area contributed by atoms with E-state index in [1.54, 1.807) is 0 Å². The molecule has 0 N–H and O–H groups in total. The number of nitro benzene ring substituents is 1. The Labute approximate surface area is 74.1 Å². The normalized spacial score (nSPS) is 9.77. The lowest BCUT2D eigenvalue weighted by Gasteiger charge is -2.02. The first-order valence-electron chi connectivity index (χ1n) is 3.54. The van der Waals surface area contributed by atoms with Crippen molar-refractivity contribution in [3.05, 3.63) is 33.6 Å². The average molecular weight is 185 g/mol. The van der Waals surface area contributed by atoms with E-state index in [9.17, 15) is 14.5 Å². The highest BCUT2D eigenvalue weighted by Gasteiger charge is 2.17. The first-order valence-corrected chi connectivity index (χ1v) is 3.54. The molecule has 0 spiro atoms. The minimum Gasteiger partial charge on any atom is -0.496 e. The molecule has 70 valence electrons. The van der Waals surface area contributed by atoms with Crippen molar-refractivity contribution in [1.29, 1.82) is 0 Å². The number of nitro groups is 1. The van der Waals surface area contributed by atoms with Crippen LogP contribution in [0.15, 0.2) is 12.1 Å². The van der Waals surface area contributed by atoms with Gasteiger partial charge in [-0.1, -0.05) is 0 Å². The Bertz CT molecular complexity index is 351. The molecule has 0 unspecified atom stereocenters. The number of hydrogen-bond acceptors (Lipinski definition) is 3. The van der Waals surface area contributed by atoms with Crippen LogP contribution in [0.1, 0.15) is 5.56 Å². The van der Waals surface area contributed by atoms with Crippen molar-refractivity contribution in [3.8, 4) is 5.75 Å². The van der Waals surface area contributed by atoms with Crippen LogP contribution in [0.3, 0.4) is 0 Å². The van der Waals surface area contributed by atoms with Gasteiger partial charge in [-0.25, -0.2) is 0 Å². The van der Waals surface area contributed by atoms with Crippen molar-refractivity contribution in [2.24, 2.45) is 0 Å². The van der Waals surface area contributed by atoms with Crippen LogP contribution in [-0.2, 0) is 0 Å². The lowest BCUT2D eigenvalue weighted by Crippen LogP contribution is -1.96. The molecular weight excluding hydrogens is 177 g/mol. The summed E-state index contributed by atoms with van der Waals surface area (Å²) in [4.78, 5) is 9.58. The van der Waals surface area contributed by atoms with Crippen LogP contribution in [0.2, 0.25) is 0 Å². The molecule has 0 saturated heterocycles. The maximum atomic E-state index is 13.1. The molecular formula is C8H8FNO3. The van der Waals surface area contributed by atoms with E-state index in [2.05, 4.69) is 0 Å². The van der Waals surface area contributed by atoms with Gasteiger partial charge >= 0.3 is 5.69 Å². The lowest BCUT2D eigenvalue weighted by atomic mass is 10.2. The standard InChI is InChI=1S/C8H8FNO3/c1-5-3-6(13-2)4-7(8(5)9)10(11)12/h3-4H,1-2H3. The van der Waals surface area contributed by atoms with Gasteiger partial charge in [0.2, 0.25) is 5.82 Å². The van der Waals surface area contributed by atoms with Crippen LogP contribution in [0, 0.1) is 22.9 Å². The van der Waals surface area contributed by atoms with E-state index in [0.717, 1.165) is 6.07 Å². The Morgan fingerprint density at radius 2 is 2.15 bits per heavy atom. The first kappa shape index (κ1) is 9.44. The molecule has 1 rings (SSSR count). The molecule has 13 heavy (non-hydrogen) atoms. The Hall–Kier alpha value is -1.65. The van der Waals surface area contributed by atoms with E-state index < -0.39 is 16.4 Å². The highest BCUT2D eigenvalue weighted by molar-refractivity contribution is 5.43. The van der Waals surface area contributed by atoms with Gasteiger partial charge < -0.3 is 4.74 Å². The highest BCUT2D eigenvalue weighted by Crippen LogP contribution is 2.26. The maximum absolute atomic E-state index is 13.1. The smallest absolute Gasteiger partial charge is 0.308 e. The van der Waals surface area contributed by atoms with Crippen molar-refractivity contribution >= 4 is 5.69 Å². The van der Waals surface area contributed by atoms with Crippen LogP contribution in [0.25, 0.3) is 0 Å². The molecule has 4 nitrogen and oxygen atoms in total. The molecule has 1 aromatic rings. The van der Waals surface area contributed by atoms with Gasteiger partial charge in [-0.3, -0.25) is 10.1 Å². The molecule has 0 amide bonds. The van der Waals surface area contributed by atoms with Gasteiger partial charge in [-0.2, -0.15) is 4.39 Å². The molecule has 0 bridgehead atoms. The molecule has 0 radical (unpaired) electrons. The topological polar surface area (TPSA) is 52.4 Å². The van der Waals surface area contributed by atoms with E-state index in [1.165, 1.54) is 20.1 Å². The number of methoxy groups -OCH3 is 1. The summed E-state index contributed by atoms with van der Waals surface area (Å²) in [6.07, 6.45) is 0. The minimum atomic E-state index is -0.814. The number of rotatable bonds is 2. The summed E-state index contributed by atoms with van der Waals surface area (Å²) in [6, 6.07) is 2.46. The van der Waals surface area contributed by atoms with Gasteiger partial charge in [0.25, 0.3) is 0 Å². The number of benzene rings is 1. The quantitative estimate of drug-likeness (QED) is 0.523. The summed E-state index contributed by atoms with van der Waals surface area (Å²) in [5.41, 5.74) is -0.358. The predicted molar refractivity (Wildman–Crippen MR) is 44.3 cm³/mol. The summed E-state index contributed by atoms with van der Waals surface area (Å²) in [5.74, 6) is -0.531. The fourth-order valence-corrected chi connectivity index (χ4v) is 0.969. The summed E-state index contributed by atoms with van der Waals surface area (Å²) in [5, 5.41) is 10.4. The second kappa shape index (κ2) is 3.38. The van der Waals surface area contributed by atoms with Crippen LogP contribution >= 0.6 is 0 Å². The number of halogens is 1. The molecule has 0 aliphatic rings. The highest BCUT2D eigenvalue weighted by atomic mass is 19.1. The number of aryl methyl sites for hydroxylation is 1. The fourth-order valence-electron chi connectivity index (χ4n) is 0.969. The predicted octanol–water partition coefficient (Wildman–Crippen LogP) is 2.05. The number of nitrogens with zero attached hydrogens (tertiary/aromatic N) is 1. The third kappa shape index (κ3) is 1.74. The second-order valence-electron chi connectivity index (χ2n) is 2.53.